The first-order valence-corrected chi connectivity index (χ1v) is 10.5. The van der Waals surface area contributed by atoms with Gasteiger partial charge in [0.05, 0.1) is 23.4 Å². The fourth-order valence-corrected chi connectivity index (χ4v) is 4.62. The Bertz CT molecular complexity index is 1300. The fraction of sp³-hybridized carbons (Fsp3) is 0.182. The second-order valence-electron chi connectivity index (χ2n) is 7.24. The maximum Gasteiger partial charge on any atom is 0.155 e. The predicted molar refractivity (Wildman–Crippen MR) is 114 cm³/mol. The van der Waals surface area contributed by atoms with E-state index >= 15 is 0 Å². The largest absolute Gasteiger partial charge is 0.391 e. The van der Waals surface area contributed by atoms with Crippen molar-refractivity contribution < 1.29 is 9.50 Å². The molecule has 5 heterocycles. The quantitative estimate of drug-likeness (QED) is 0.528. The number of nitrogens with zero attached hydrogens (tertiary/aromatic N) is 6. The third kappa shape index (κ3) is 3.71. The molecule has 1 aliphatic rings. The van der Waals surface area contributed by atoms with Gasteiger partial charge in [-0.25, -0.2) is 18.9 Å². The molecule has 4 aromatic rings. The highest BCUT2D eigenvalue weighted by atomic mass is 32.2. The van der Waals surface area contributed by atoms with Gasteiger partial charge in [-0.1, -0.05) is 11.8 Å². The molecular formula is C22H17FN6OS. The number of nitriles is 1. The number of fused-ring (bicyclic) bond motifs is 1. The highest BCUT2D eigenvalue weighted by Gasteiger charge is 2.21. The monoisotopic (exact) mass is 432 g/mol. The van der Waals surface area contributed by atoms with Gasteiger partial charge in [0.25, 0.3) is 0 Å². The van der Waals surface area contributed by atoms with E-state index in [1.807, 2.05) is 24.4 Å². The van der Waals surface area contributed by atoms with Crippen LogP contribution in [0.25, 0.3) is 16.6 Å². The standard InChI is InChI=1S/C22H17FN6OS/c23-18-2-1-6-25-22(18)31-19-8-15(12-29-21(19)16(9-24)11-27-29)14-3-4-20(26-10-14)28-7-5-17(30)13-28/h1-4,6,8,10-12,17,30H,5,7,13H2. The molecule has 154 valence electrons. The zero-order valence-electron chi connectivity index (χ0n) is 16.3. The Morgan fingerprint density at radius 2 is 2.10 bits per heavy atom. The van der Waals surface area contributed by atoms with E-state index in [-0.39, 0.29) is 11.1 Å². The molecule has 4 aromatic heterocycles. The van der Waals surface area contributed by atoms with Crippen LogP contribution >= 0.6 is 11.8 Å². The third-order valence-corrected chi connectivity index (χ3v) is 6.22. The molecule has 0 amide bonds. The lowest BCUT2D eigenvalue weighted by molar-refractivity contribution is 0.198. The van der Waals surface area contributed by atoms with Crippen LogP contribution in [0.3, 0.4) is 0 Å². The molecule has 1 N–H and O–H groups in total. The van der Waals surface area contributed by atoms with E-state index in [2.05, 4.69) is 26.0 Å². The van der Waals surface area contributed by atoms with Gasteiger partial charge in [0.15, 0.2) is 5.82 Å². The maximum atomic E-state index is 14.2. The number of rotatable bonds is 4. The molecule has 1 aliphatic heterocycles. The average Bonchev–Trinajstić information content (AvgIpc) is 3.41. The highest BCUT2D eigenvalue weighted by molar-refractivity contribution is 7.99. The van der Waals surface area contributed by atoms with Crippen LogP contribution in [0.1, 0.15) is 12.0 Å². The van der Waals surface area contributed by atoms with Crippen molar-refractivity contribution >= 4 is 23.1 Å². The maximum absolute atomic E-state index is 14.2. The van der Waals surface area contributed by atoms with Crippen molar-refractivity contribution in [1.29, 1.82) is 5.26 Å². The molecule has 0 aliphatic carbocycles. The Morgan fingerprint density at radius 1 is 1.19 bits per heavy atom. The molecule has 0 radical (unpaired) electrons. The minimum Gasteiger partial charge on any atom is -0.391 e. The summed E-state index contributed by atoms with van der Waals surface area (Å²) in [6.45, 7) is 1.36. The molecule has 1 atom stereocenters. The first-order chi connectivity index (χ1) is 15.1. The number of aromatic nitrogens is 4. The van der Waals surface area contributed by atoms with E-state index in [0.29, 0.717) is 22.5 Å². The molecular weight excluding hydrogens is 415 g/mol. The van der Waals surface area contributed by atoms with Crippen LogP contribution in [0.4, 0.5) is 10.2 Å². The second-order valence-corrected chi connectivity index (χ2v) is 8.27. The summed E-state index contributed by atoms with van der Waals surface area (Å²) in [5, 5.41) is 23.8. The number of aliphatic hydroxyl groups excluding tert-OH is 1. The summed E-state index contributed by atoms with van der Waals surface area (Å²) in [6.07, 6.45) is 7.05. The number of aliphatic hydroxyl groups is 1. The van der Waals surface area contributed by atoms with Crippen molar-refractivity contribution in [3.8, 4) is 17.2 Å². The van der Waals surface area contributed by atoms with Gasteiger partial charge in [-0.15, -0.1) is 0 Å². The average molecular weight is 432 g/mol. The summed E-state index contributed by atoms with van der Waals surface area (Å²) in [5.74, 6) is 0.394. The van der Waals surface area contributed by atoms with E-state index in [9.17, 15) is 14.8 Å². The van der Waals surface area contributed by atoms with Crippen molar-refractivity contribution in [1.82, 2.24) is 19.6 Å². The van der Waals surface area contributed by atoms with Gasteiger partial charge in [-0.2, -0.15) is 10.4 Å². The molecule has 0 aromatic carbocycles. The van der Waals surface area contributed by atoms with Crippen LogP contribution in [0.5, 0.6) is 0 Å². The minimum atomic E-state index is -0.423. The van der Waals surface area contributed by atoms with Crippen molar-refractivity contribution in [2.24, 2.45) is 0 Å². The first-order valence-electron chi connectivity index (χ1n) is 9.71. The lowest BCUT2D eigenvalue weighted by atomic mass is 10.1. The lowest BCUT2D eigenvalue weighted by Gasteiger charge is -2.16. The van der Waals surface area contributed by atoms with E-state index in [1.165, 1.54) is 24.5 Å². The molecule has 0 spiro atoms. The van der Waals surface area contributed by atoms with Crippen molar-refractivity contribution in [2.75, 3.05) is 18.0 Å². The Labute approximate surface area is 181 Å². The topological polar surface area (TPSA) is 90.3 Å². The van der Waals surface area contributed by atoms with Crippen LogP contribution in [0, 0.1) is 17.1 Å². The smallest absolute Gasteiger partial charge is 0.155 e. The molecule has 7 nitrogen and oxygen atoms in total. The van der Waals surface area contributed by atoms with Gasteiger partial charge in [-0.05, 0) is 36.8 Å². The summed E-state index contributed by atoms with van der Waals surface area (Å²) >= 11 is 1.16. The molecule has 0 bridgehead atoms. The van der Waals surface area contributed by atoms with Crippen molar-refractivity contribution in [2.45, 2.75) is 22.4 Å². The van der Waals surface area contributed by atoms with Crippen LogP contribution in [0.2, 0.25) is 0 Å². The SMILES string of the molecule is N#Cc1cnn2cc(-c3ccc(N4CCC(O)C4)nc3)cc(Sc3ncccc3F)c12. The molecule has 9 heteroatoms. The number of anilines is 1. The second kappa shape index (κ2) is 7.98. The summed E-state index contributed by atoms with van der Waals surface area (Å²) < 4.78 is 15.9. The normalized spacial score (nSPS) is 16.0. The summed E-state index contributed by atoms with van der Waals surface area (Å²) in [5.41, 5.74) is 2.71. The Balaban J connectivity index is 1.55. The number of hydrogen-bond donors (Lipinski definition) is 1. The van der Waals surface area contributed by atoms with Gasteiger partial charge < -0.3 is 10.0 Å². The number of hydrogen-bond acceptors (Lipinski definition) is 7. The van der Waals surface area contributed by atoms with Crippen LogP contribution in [-0.4, -0.2) is 43.9 Å². The van der Waals surface area contributed by atoms with Crippen LogP contribution in [-0.2, 0) is 0 Å². The number of β-amino-alcohol motifs (C(OH)–C–C–N with tert-alkyl or cyclic N) is 1. The fourth-order valence-electron chi connectivity index (χ4n) is 3.65. The number of halogens is 1. The Morgan fingerprint density at radius 3 is 2.81 bits per heavy atom. The Kier molecular flexibility index (Phi) is 5.02. The first kappa shape index (κ1) is 19.5. The van der Waals surface area contributed by atoms with E-state index in [4.69, 9.17) is 0 Å². The molecule has 5 rings (SSSR count). The van der Waals surface area contributed by atoms with E-state index in [1.54, 1.807) is 10.7 Å². The van der Waals surface area contributed by atoms with Gasteiger partial charge >= 0.3 is 0 Å². The van der Waals surface area contributed by atoms with Crippen LogP contribution in [0.15, 0.2) is 65.0 Å². The molecule has 1 fully saturated rings. The zero-order chi connectivity index (χ0) is 21.4. The van der Waals surface area contributed by atoms with E-state index in [0.717, 1.165) is 41.7 Å². The highest BCUT2D eigenvalue weighted by Crippen LogP contribution is 2.36. The van der Waals surface area contributed by atoms with Crippen molar-refractivity contribution in [3.63, 3.8) is 0 Å². The van der Waals surface area contributed by atoms with Gasteiger partial charge in [-0.3, -0.25) is 0 Å². The predicted octanol–water partition coefficient (Wildman–Crippen LogP) is 3.52. The van der Waals surface area contributed by atoms with Gasteiger partial charge in [0.1, 0.15) is 16.9 Å². The molecule has 0 saturated carbocycles. The van der Waals surface area contributed by atoms with Crippen LogP contribution < -0.4 is 4.90 Å². The Hall–Kier alpha value is -3.48. The van der Waals surface area contributed by atoms with Gasteiger partial charge in [0, 0.05) is 47.7 Å². The summed E-state index contributed by atoms with van der Waals surface area (Å²) in [7, 11) is 0. The number of pyridine rings is 3. The molecule has 1 unspecified atom stereocenters. The minimum absolute atomic E-state index is 0.229. The van der Waals surface area contributed by atoms with Crippen molar-refractivity contribution in [3.05, 3.63) is 66.5 Å². The third-order valence-electron chi connectivity index (χ3n) is 5.20. The molecule has 1 saturated heterocycles. The van der Waals surface area contributed by atoms with E-state index < -0.39 is 5.82 Å². The molecule has 31 heavy (non-hydrogen) atoms. The van der Waals surface area contributed by atoms with Gasteiger partial charge in [0.2, 0.25) is 0 Å². The lowest BCUT2D eigenvalue weighted by Crippen LogP contribution is -2.21. The summed E-state index contributed by atoms with van der Waals surface area (Å²) in [4.78, 5) is 11.4. The zero-order valence-corrected chi connectivity index (χ0v) is 17.1. The summed E-state index contributed by atoms with van der Waals surface area (Å²) in [6, 6.07) is 10.8.